The monoisotopic (exact) mass is 555 g/mol. The fourth-order valence-corrected chi connectivity index (χ4v) is 6.39. The molecule has 1 amide bonds. The average molecular weight is 556 g/mol. The first-order valence-electron chi connectivity index (χ1n) is 13.0. The van der Waals surface area contributed by atoms with Crippen LogP contribution in [0.4, 0.5) is 16.2 Å². The fourth-order valence-electron chi connectivity index (χ4n) is 4.94. The van der Waals surface area contributed by atoms with Crippen molar-refractivity contribution in [2.24, 2.45) is 0 Å². The Labute approximate surface area is 229 Å². The van der Waals surface area contributed by atoms with E-state index in [0.29, 0.717) is 60.7 Å². The van der Waals surface area contributed by atoms with Crippen LogP contribution in [0.3, 0.4) is 0 Å². The van der Waals surface area contributed by atoms with Gasteiger partial charge in [-0.15, -0.1) is 0 Å². The quantitative estimate of drug-likeness (QED) is 0.368. The normalized spacial score (nSPS) is 17.3. The lowest BCUT2D eigenvalue weighted by Gasteiger charge is -2.32. The second-order valence-corrected chi connectivity index (χ2v) is 11.6. The number of nitrogens with zero attached hydrogens (tertiary/aromatic N) is 3. The van der Waals surface area contributed by atoms with E-state index in [4.69, 9.17) is 21.6 Å². The minimum Gasteiger partial charge on any atom is -0.369 e. The third kappa shape index (κ3) is 6.50. The van der Waals surface area contributed by atoms with E-state index in [9.17, 15) is 13.4 Å². The highest BCUT2D eigenvalue weighted by atomic mass is 35.5. The molecule has 1 atom stereocenters. The molecule has 0 aliphatic carbocycles. The highest BCUT2D eigenvalue weighted by molar-refractivity contribution is 7.85. The van der Waals surface area contributed by atoms with Crippen LogP contribution in [-0.4, -0.2) is 45.5 Å². The second kappa shape index (κ2) is 12.2. The molecule has 5 rings (SSSR count). The van der Waals surface area contributed by atoms with Crippen LogP contribution in [0.5, 0.6) is 0 Å². The summed E-state index contributed by atoms with van der Waals surface area (Å²) in [7, 11) is -1.12. The summed E-state index contributed by atoms with van der Waals surface area (Å²) in [6, 6.07) is 14.2. The first kappa shape index (κ1) is 26.6. The Morgan fingerprint density at radius 3 is 2.55 bits per heavy atom. The van der Waals surface area contributed by atoms with E-state index in [1.54, 1.807) is 12.1 Å². The van der Waals surface area contributed by atoms with E-state index < -0.39 is 10.8 Å². The van der Waals surface area contributed by atoms with Gasteiger partial charge in [-0.1, -0.05) is 35.9 Å². The van der Waals surface area contributed by atoms with E-state index in [2.05, 4.69) is 27.7 Å². The lowest BCUT2D eigenvalue weighted by Crippen LogP contribution is -2.34. The maximum Gasteiger partial charge on any atom is 0.227 e. The average Bonchev–Trinajstić information content (AvgIpc) is 3.32. The van der Waals surface area contributed by atoms with Gasteiger partial charge in [-0.3, -0.25) is 9.00 Å². The number of halogens is 2. The zero-order chi connectivity index (χ0) is 26.5. The Bertz CT molecular complexity index is 1300. The van der Waals surface area contributed by atoms with Gasteiger partial charge < -0.3 is 15.5 Å². The van der Waals surface area contributed by atoms with Gasteiger partial charge in [0.2, 0.25) is 11.9 Å². The molecule has 0 bridgehead atoms. The maximum atomic E-state index is 13.0. The summed E-state index contributed by atoms with van der Waals surface area (Å²) in [5.41, 5.74) is 3.01. The number of hydrogen-bond donors (Lipinski definition) is 2. The molecule has 1 unspecified atom stereocenters. The molecule has 38 heavy (non-hydrogen) atoms. The van der Waals surface area contributed by atoms with Crippen molar-refractivity contribution in [1.29, 1.82) is 0 Å². The predicted molar refractivity (Wildman–Crippen MR) is 149 cm³/mol. The SMILES string of the molecule is O=C(CCCNc1nc(N2CCC(c3ccc(Cl)cc3)CC2)nc2c1S(=O)CC2)NCc1ccc(F)cc1. The number of hydrogen-bond acceptors (Lipinski definition) is 6. The lowest BCUT2D eigenvalue weighted by molar-refractivity contribution is -0.121. The number of piperidine rings is 1. The van der Waals surface area contributed by atoms with Gasteiger partial charge >= 0.3 is 0 Å². The largest absolute Gasteiger partial charge is 0.369 e. The molecule has 7 nitrogen and oxygen atoms in total. The number of nitrogens with one attached hydrogen (secondary N) is 2. The summed E-state index contributed by atoms with van der Waals surface area (Å²) in [6.45, 7) is 2.59. The van der Waals surface area contributed by atoms with E-state index in [-0.39, 0.29) is 11.7 Å². The number of amides is 1. The highest BCUT2D eigenvalue weighted by Gasteiger charge is 2.29. The van der Waals surface area contributed by atoms with Crippen molar-refractivity contribution in [1.82, 2.24) is 15.3 Å². The zero-order valence-electron chi connectivity index (χ0n) is 21.1. The molecular formula is C28H31ClFN5O2S. The van der Waals surface area contributed by atoms with Crippen LogP contribution in [-0.2, 0) is 28.6 Å². The Kier molecular flexibility index (Phi) is 8.54. The number of aromatic nitrogens is 2. The smallest absolute Gasteiger partial charge is 0.227 e. The Balaban J connectivity index is 1.16. The summed E-state index contributed by atoms with van der Waals surface area (Å²) < 4.78 is 25.7. The van der Waals surface area contributed by atoms with Gasteiger partial charge in [0.15, 0.2) is 0 Å². The van der Waals surface area contributed by atoms with Gasteiger partial charge in [-0.05, 0) is 60.6 Å². The van der Waals surface area contributed by atoms with Crippen molar-refractivity contribution in [2.75, 3.05) is 35.6 Å². The van der Waals surface area contributed by atoms with E-state index >= 15 is 0 Å². The molecule has 0 saturated carbocycles. The lowest BCUT2D eigenvalue weighted by atomic mass is 9.89. The molecule has 0 radical (unpaired) electrons. The number of rotatable bonds is 9. The van der Waals surface area contributed by atoms with Crippen molar-refractivity contribution in [3.05, 3.63) is 76.2 Å². The van der Waals surface area contributed by atoms with Gasteiger partial charge in [0.25, 0.3) is 0 Å². The number of aryl methyl sites for hydroxylation is 1. The Hall–Kier alpha value is -3.04. The summed E-state index contributed by atoms with van der Waals surface area (Å²) in [5, 5.41) is 6.94. The van der Waals surface area contributed by atoms with Crippen molar-refractivity contribution < 1.29 is 13.4 Å². The van der Waals surface area contributed by atoms with Crippen molar-refractivity contribution in [3.8, 4) is 0 Å². The van der Waals surface area contributed by atoms with Crippen LogP contribution in [0.2, 0.25) is 5.02 Å². The molecule has 2 aliphatic heterocycles. The zero-order valence-corrected chi connectivity index (χ0v) is 22.7. The molecule has 10 heteroatoms. The molecule has 200 valence electrons. The number of carbonyl (C=O) groups is 1. The number of benzene rings is 2. The van der Waals surface area contributed by atoms with Crippen LogP contribution in [0.15, 0.2) is 53.4 Å². The molecule has 3 aromatic rings. The molecule has 2 aromatic carbocycles. The van der Waals surface area contributed by atoms with Gasteiger partial charge in [0, 0.05) is 49.8 Å². The topological polar surface area (TPSA) is 87.2 Å². The van der Waals surface area contributed by atoms with Crippen LogP contribution in [0, 0.1) is 5.82 Å². The van der Waals surface area contributed by atoms with Crippen LogP contribution in [0.25, 0.3) is 0 Å². The summed E-state index contributed by atoms with van der Waals surface area (Å²) >= 11 is 6.05. The van der Waals surface area contributed by atoms with Crippen LogP contribution < -0.4 is 15.5 Å². The number of fused-ring (bicyclic) bond motifs is 1. The van der Waals surface area contributed by atoms with Gasteiger partial charge in [-0.2, -0.15) is 4.98 Å². The van der Waals surface area contributed by atoms with Gasteiger partial charge in [0.1, 0.15) is 16.5 Å². The van der Waals surface area contributed by atoms with E-state index in [0.717, 1.165) is 42.2 Å². The van der Waals surface area contributed by atoms with E-state index in [1.165, 1.54) is 17.7 Å². The van der Waals surface area contributed by atoms with Crippen molar-refractivity contribution in [3.63, 3.8) is 0 Å². The number of carbonyl (C=O) groups excluding carboxylic acids is 1. The van der Waals surface area contributed by atoms with Crippen LogP contribution in [0.1, 0.15) is 48.4 Å². The molecular weight excluding hydrogens is 525 g/mol. The third-order valence-electron chi connectivity index (χ3n) is 7.07. The van der Waals surface area contributed by atoms with Crippen molar-refractivity contribution in [2.45, 2.75) is 49.5 Å². The standard InChI is InChI=1S/C28H31ClFN5O2S/c29-22-7-5-20(6-8-22)21-11-15-35(16-12-21)28-33-24-13-17-38(37)26(24)27(34-28)31-14-1-2-25(36)32-18-19-3-9-23(30)10-4-19/h3-10,21H,1-2,11-18H2,(H,32,36)(H,31,33,34). The molecule has 1 aromatic heterocycles. The maximum absolute atomic E-state index is 13.0. The second-order valence-electron chi connectivity index (χ2n) is 9.69. The molecule has 0 spiro atoms. The number of anilines is 2. The summed E-state index contributed by atoms with van der Waals surface area (Å²) in [5.74, 6) is 1.97. The highest BCUT2D eigenvalue weighted by Crippen LogP contribution is 2.33. The fraction of sp³-hybridized carbons (Fsp3) is 0.393. The Morgan fingerprint density at radius 1 is 1.08 bits per heavy atom. The van der Waals surface area contributed by atoms with Gasteiger partial charge in [0.05, 0.1) is 16.5 Å². The first-order valence-corrected chi connectivity index (χ1v) is 14.7. The van der Waals surface area contributed by atoms with Gasteiger partial charge in [-0.25, -0.2) is 9.37 Å². The summed E-state index contributed by atoms with van der Waals surface area (Å²) in [6.07, 6.45) is 3.63. The molecule has 3 heterocycles. The minimum atomic E-state index is -1.12. The minimum absolute atomic E-state index is 0.0723. The molecule has 1 saturated heterocycles. The summed E-state index contributed by atoms with van der Waals surface area (Å²) in [4.78, 5) is 24.7. The first-order chi connectivity index (χ1) is 18.5. The Morgan fingerprint density at radius 2 is 1.82 bits per heavy atom. The van der Waals surface area contributed by atoms with Crippen molar-refractivity contribution >= 4 is 40.1 Å². The predicted octanol–water partition coefficient (Wildman–Crippen LogP) is 4.83. The molecule has 1 fully saturated rings. The third-order valence-corrected chi connectivity index (χ3v) is 8.78. The van der Waals surface area contributed by atoms with Crippen LogP contribution >= 0.6 is 11.6 Å². The molecule has 2 N–H and O–H groups in total. The molecule has 2 aliphatic rings. The van der Waals surface area contributed by atoms with E-state index in [1.807, 2.05) is 12.1 Å².